The molecule has 0 spiro atoms. The number of aliphatic carboxylic acids is 1. The molecule has 2 N–H and O–H groups in total. The van der Waals surface area contributed by atoms with Gasteiger partial charge in [-0.25, -0.2) is 9.59 Å². The molecule has 0 atom stereocenters. The first-order chi connectivity index (χ1) is 14.5. The van der Waals surface area contributed by atoms with E-state index in [0.717, 1.165) is 48.1 Å². The molecular formula is C24H29NO5. The molecule has 0 radical (unpaired) electrons. The van der Waals surface area contributed by atoms with Crippen LogP contribution in [0.4, 0.5) is 10.5 Å². The predicted octanol–water partition coefficient (Wildman–Crippen LogP) is 5.12. The third-order valence-electron chi connectivity index (χ3n) is 5.57. The van der Waals surface area contributed by atoms with E-state index < -0.39 is 12.1 Å². The van der Waals surface area contributed by atoms with Crippen molar-refractivity contribution in [3.8, 4) is 11.1 Å². The van der Waals surface area contributed by atoms with Gasteiger partial charge in [-0.15, -0.1) is 0 Å². The Bertz CT molecular complexity index is 844. The highest BCUT2D eigenvalue weighted by Crippen LogP contribution is 2.32. The molecule has 2 aromatic rings. The number of anilines is 1. The molecule has 6 nitrogen and oxygen atoms in total. The van der Waals surface area contributed by atoms with Gasteiger partial charge in [-0.05, 0) is 61.6 Å². The van der Waals surface area contributed by atoms with Crippen LogP contribution in [0.25, 0.3) is 11.1 Å². The van der Waals surface area contributed by atoms with Crippen LogP contribution in [0.3, 0.4) is 0 Å². The second-order valence-electron chi connectivity index (χ2n) is 7.88. The minimum Gasteiger partial charge on any atom is -0.480 e. The van der Waals surface area contributed by atoms with Gasteiger partial charge in [0.1, 0.15) is 6.61 Å². The Labute approximate surface area is 177 Å². The van der Waals surface area contributed by atoms with E-state index in [1.807, 2.05) is 55.5 Å². The number of carbonyl (C=O) groups excluding carboxylic acids is 1. The number of nitrogens with one attached hydrogen (secondary N) is 1. The van der Waals surface area contributed by atoms with E-state index in [9.17, 15) is 9.59 Å². The maximum absolute atomic E-state index is 12.4. The molecule has 1 amide bonds. The summed E-state index contributed by atoms with van der Waals surface area (Å²) in [6.07, 6.45) is 3.39. The van der Waals surface area contributed by atoms with Crippen molar-refractivity contribution in [3.05, 3.63) is 54.1 Å². The average Bonchev–Trinajstić information content (AvgIpc) is 2.74. The molecular weight excluding hydrogens is 382 g/mol. The molecule has 0 unspecified atom stereocenters. The first-order valence-electron chi connectivity index (χ1n) is 10.4. The number of ether oxygens (including phenoxy) is 2. The number of hydrogen-bond donors (Lipinski definition) is 2. The number of aryl methyl sites for hydroxylation is 1. The minimum atomic E-state index is -0.938. The molecule has 1 aliphatic rings. The maximum Gasteiger partial charge on any atom is 0.411 e. The number of carboxylic acid groups (broad SMARTS) is 1. The molecule has 30 heavy (non-hydrogen) atoms. The summed E-state index contributed by atoms with van der Waals surface area (Å²) in [6, 6.07) is 15.8. The summed E-state index contributed by atoms with van der Waals surface area (Å²) in [5.41, 5.74) is 3.87. The van der Waals surface area contributed by atoms with Gasteiger partial charge in [0.25, 0.3) is 0 Å². The van der Waals surface area contributed by atoms with Gasteiger partial charge in [-0.3, -0.25) is 5.32 Å². The van der Waals surface area contributed by atoms with E-state index in [0.29, 0.717) is 25.0 Å². The van der Waals surface area contributed by atoms with Gasteiger partial charge >= 0.3 is 12.1 Å². The van der Waals surface area contributed by atoms with Crippen molar-refractivity contribution < 1.29 is 24.2 Å². The van der Waals surface area contributed by atoms with Gasteiger partial charge in [-0.2, -0.15) is 0 Å². The third-order valence-corrected chi connectivity index (χ3v) is 5.57. The largest absolute Gasteiger partial charge is 0.480 e. The van der Waals surface area contributed by atoms with Crippen molar-refractivity contribution in [2.45, 2.75) is 32.6 Å². The third kappa shape index (κ3) is 6.32. The highest BCUT2D eigenvalue weighted by Gasteiger charge is 2.23. The molecule has 1 fully saturated rings. The minimum absolute atomic E-state index is 0.243. The van der Waals surface area contributed by atoms with Crippen molar-refractivity contribution in [2.75, 3.05) is 25.1 Å². The fourth-order valence-electron chi connectivity index (χ4n) is 3.98. The second-order valence-corrected chi connectivity index (χ2v) is 7.88. The predicted molar refractivity (Wildman–Crippen MR) is 115 cm³/mol. The standard InChI is InChI=1S/C24H29NO5/c1-17-6-5-9-21(23(17)20-7-3-2-4-8-20)25-24(28)30-15-19-12-10-18(11-13-19)14-29-16-22(26)27/h2-9,18-19H,10-16H2,1H3,(H,25,28)(H,26,27). The Morgan fingerprint density at radius 3 is 2.30 bits per heavy atom. The van der Waals surface area contributed by atoms with Crippen molar-refractivity contribution >= 4 is 17.7 Å². The lowest BCUT2D eigenvalue weighted by atomic mass is 9.83. The zero-order valence-electron chi connectivity index (χ0n) is 17.3. The molecule has 0 aliphatic heterocycles. The Morgan fingerprint density at radius 1 is 0.967 bits per heavy atom. The van der Waals surface area contributed by atoms with Gasteiger partial charge in [0, 0.05) is 5.56 Å². The van der Waals surface area contributed by atoms with Crippen LogP contribution in [-0.2, 0) is 14.3 Å². The summed E-state index contributed by atoms with van der Waals surface area (Å²) in [7, 11) is 0. The topological polar surface area (TPSA) is 84.9 Å². The van der Waals surface area contributed by atoms with Crippen LogP contribution in [0.2, 0.25) is 0 Å². The van der Waals surface area contributed by atoms with Gasteiger partial charge in [0.15, 0.2) is 0 Å². The average molecular weight is 411 g/mol. The normalized spacial score (nSPS) is 18.6. The lowest BCUT2D eigenvalue weighted by molar-refractivity contribution is -0.142. The molecule has 0 bridgehead atoms. The van der Waals surface area contributed by atoms with Crippen LogP contribution < -0.4 is 5.32 Å². The summed E-state index contributed by atoms with van der Waals surface area (Å²) >= 11 is 0. The Hall–Kier alpha value is -2.86. The molecule has 3 rings (SSSR count). The number of carboxylic acids is 1. The number of benzene rings is 2. The smallest absolute Gasteiger partial charge is 0.411 e. The fourth-order valence-corrected chi connectivity index (χ4v) is 3.98. The molecule has 0 heterocycles. The van der Waals surface area contributed by atoms with Crippen LogP contribution in [0.1, 0.15) is 31.2 Å². The second kappa shape index (κ2) is 10.8. The van der Waals surface area contributed by atoms with E-state index >= 15 is 0 Å². The maximum atomic E-state index is 12.4. The Balaban J connectivity index is 1.47. The summed E-state index contributed by atoms with van der Waals surface area (Å²) < 4.78 is 10.7. The van der Waals surface area contributed by atoms with E-state index in [1.54, 1.807) is 0 Å². The first-order valence-corrected chi connectivity index (χ1v) is 10.4. The zero-order valence-corrected chi connectivity index (χ0v) is 17.3. The van der Waals surface area contributed by atoms with Crippen LogP contribution in [-0.4, -0.2) is 37.0 Å². The van der Waals surface area contributed by atoms with Gasteiger partial charge in [0.2, 0.25) is 0 Å². The highest BCUT2D eigenvalue weighted by molar-refractivity contribution is 5.92. The lowest BCUT2D eigenvalue weighted by Gasteiger charge is -2.27. The first kappa shape index (κ1) is 21.8. The number of amides is 1. The number of carbonyl (C=O) groups is 2. The van der Waals surface area contributed by atoms with Crippen LogP contribution in [0, 0.1) is 18.8 Å². The molecule has 0 aromatic heterocycles. The van der Waals surface area contributed by atoms with Gasteiger partial charge in [0.05, 0.1) is 18.9 Å². The SMILES string of the molecule is Cc1cccc(NC(=O)OCC2CCC(COCC(=O)O)CC2)c1-c1ccccc1. The summed E-state index contributed by atoms with van der Waals surface area (Å²) in [6.45, 7) is 2.65. The molecule has 1 aliphatic carbocycles. The molecule has 6 heteroatoms. The monoisotopic (exact) mass is 411 g/mol. The van der Waals surface area contributed by atoms with Crippen LogP contribution in [0.15, 0.2) is 48.5 Å². The van der Waals surface area contributed by atoms with Crippen molar-refractivity contribution in [1.82, 2.24) is 0 Å². The Morgan fingerprint density at radius 2 is 1.63 bits per heavy atom. The van der Waals surface area contributed by atoms with E-state index in [4.69, 9.17) is 14.6 Å². The molecule has 1 saturated carbocycles. The van der Waals surface area contributed by atoms with Crippen LogP contribution >= 0.6 is 0 Å². The highest BCUT2D eigenvalue weighted by atomic mass is 16.5. The summed E-state index contributed by atoms with van der Waals surface area (Å²) in [5, 5.41) is 11.5. The Kier molecular flexibility index (Phi) is 7.85. The number of hydrogen-bond acceptors (Lipinski definition) is 4. The van der Waals surface area contributed by atoms with Crippen LogP contribution in [0.5, 0.6) is 0 Å². The van der Waals surface area contributed by atoms with Gasteiger partial charge in [-0.1, -0.05) is 42.5 Å². The van der Waals surface area contributed by atoms with Gasteiger partial charge < -0.3 is 14.6 Å². The van der Waals surface area contributed by atoms with E-state index in [1.165, 1.54) is 0 Å². The van der Waals surface area contributed by atoms with Crippen molar-refractivity contribution in [1.29, 1.82) is 0 Å². The molecule has 160 valence electrons. The number of rotatable bonds is 8. The lowest BCUT2D eigenvalue weighted by Crippen LogP contribution is -2.25. The van der Waals surface area contributed by atoms with Crippen molar-refractivity contribution in [2.24, 2.45) is 11.8 Å². The summed E-state index contributed by atoms with van der Waals surface area (Å²) in [4.78, 5) is 22.9. The fraction of sp³-hybridized carbons (Fsp3) is 0.417. The zero-order chi connectivity index (χ0) is 21.3. The quantitative estimate of drug-likeness (QED) is 0.630. The molecule has 2 aromatic carbocycles. The van der Waals surface area contributed by atoms with E-state index in [-0.39, 0.29) is 6.61 Å². The summed E-state index contributed by atoms with van der Waals surface area (Å²) in [5.74, 6) is -0.222. The molecule has 0 saturated heterocycles. The van der Waals surface area contributed by atoms with E-state index in [2.05, 4.69) is 5.32 Å². The van der Waals surface area contributed by atoms with Crippen molar-refractivity contribution in [3.63, 3.8) is 0 Å².